The van der Waals surface area contributed by atoms with E-state index in [0.29, 0.717) is 5.56 Å². The molecule has 0 N–H and O–H groups in total. The SMILES string of the molecule is Cc1ccc(C(C(C)[N+](=O)[O-])C(C(=O)c2ccccc2)S(=O)(=O)c2ccccc2)cc1. The average Bonchev–Trinajstić information content (AvgIpc) is 2.78. The zero-order chi connectivity index (χ0) is 22.6. The molecule has 0 saturated carbocycles. The number of ketones is 1. The summed E-state index contributed by atoms with van der Waals surface area (Å²) in [4.78, 5) is 24.8. The fourth-order valence-corrected chi connectivity index (χ4v) is 5.66. The first-order chi connectivity index (χ1) is 14.7. The number of aryl methyl sites for hydroxylation is 1. The second-order valence-electron chi connectivity index (χ2n) is 7.47. The zero-order valence-corrected chi connectivity index (χ0v) is 18.0. The van der Waals surface area contributed by atoms with Crippen LogP contribution in [-0.2, 0) is 9.84 Å². The number of carbonyl (C=O) groups is 1. The number of nitro groups is 1. The van der Waals surface area contributed by atoms with Gasteiger partial charge >= 0.3 is 0 Å². The fourth-order valence-electron chi connectivity index (χ4n) is 3.65. The molecule has 0 aliphatic carbocycles. The number of hydrogen-bond acceptors (Lipinski definition) is 5. The van der Waals surface area contributed by atoms with Crippen LogP contribution in [-0.4, -0.2) is 30.4 Å². The van der Waals surface area contributed by atoms with Crippen LogP contribution in [0.25, 0.3) is 0 Å². The zero-order valence-electron chi connectivity index (χ0n) is 17.2. The van der Waals surface area contributed by atoms with Crippen molar-refractivity contribution in [2.45, 2.75) is 36.0 Å². The largest absolute Gasteiger partial charge is 0.293 e. The van der Waals surface area contributed by atoms with Crippen LogP contribution in [0.1, 0.15) is 34.3 Å². The van der Waals surface area contributed by atoms with Crippen LogP contribution >= 0.6 is 0 Å². The molecule has 0 heterocycles. The van der Waals surface area contributed by atoms with E-state index < -0.39 is 37.8 Å². The number of Topliss-reactive ketones (excluding diaryl/α,β-unsaturated/α-hetero) is 1. The van der Waals surface area contributed by atoms with Crippen molar-refractivity contribution in [2.24, 2.45) is 0 Å². The lowest BCUT2D eigenvalue weighted by Crippen LogP contribution is -2.43. The molecule has 6 nitrogen and oxygen atoms in total. The van der Waals surface area contributed by atoms with Crippen LogP contribution in [0.4, 0.5) is 0 Å². The van der Waals surface area contributed by atoms with Gasteiger partial charge in [0.1, 0.15) is 5.25 Å². The van der Waals surface area contributed by atoms with Crippen LogP contribution in [0, 0.1) is 17.0 Å². The van der Waals surface area contributed by atoms with E-state index in [4.69, 9.17) is 0 Å². The highest BCUT2D eigenvalue weighted by Crippen LogP contribution is 2.35. The minimum absolute atomic E-state index is 0.0445. The Labute approximate surface area is 181 Å². The predicted octanol–water partition coefficient (Wildman–Crippen LogP) is 4.47. The molecule has 3 atom stereocenters. The summed E-state index contributed by atoms with van der Waals surface area (Å²) in [6, 6.07) is 21.2. The van der Waals surface area contributed by atoms with Crippen LogP contribution in [0.3, 0.4) is 0 Å². The molecule has 31 heavy (non-hydrogen) atoms. The Morgan fingerprint density at radius 2 is 1.39 bits per heavy atom. The molecule has 3 unspecified atom stereocenters. The first-order valence-electron chi connectivity index (χ1n) is 9.81. The number of benzene rings is 3. The van der Waals surface area contributed by atoms with Crippen LogP contribution < -0.4 is 0 Å². The molecule has 3 rings (SSSR count). The normalized spacial score (nSPS) is 14.4. The highest BCUT2D eigenvalue weighted by molar-refractivity contribution is 7.93. The Morgan fingerprint density at radius 3 is 1.90 bits per heavy atom. The summed E-state index contributed by atoms with van der Waals surface area (Å²) < 4.78 is 27.4. The Kier molecular flexibility index (Phi) is 6.65. The van der Waals surface area contributed by atoms with Gasteiger partial charge in [-0.2, -0.15) is 0 Å². The summed E-state index contributed by atoms with van der Waals surface area (Å²) >= 11 is 0. The van der Waals surface area contributed by atoms with E-state index in [1.807, 2.05) is 6.92 Å². The second kappa shape index (κ2) is 9.22. The summed E-state index contributed by atoms with van der Waals surface area (Å²) in [6.45, 7) is 3.21. The molecule has 0 aromatic heterocycles. The number of carbonyl (C=O) groups excluding carboxylic acids is 1. The number of hydrogen-bond donors (Lipinski definition) is 0. The van der Waals surface area contributed by atoms with Gasteiger partial charge in [-0.05, 0) is 24.6 Å². The maximum atomic E-state index is 13.7. The molecule has 3 aromatic carbocycles. The van der Waals surface area contributed by atoms with Crippen LogP contribution in [0.5, 0.6) is 0 Å². The summed E-state index contributed by atoms with van der Waals surface area (Å²) in [7, 11) is -4.24. The Bertz CT molecular complexity index is 1160. The molecule has 0 fully saturated rings. The third kappa shape index (κ3) is 4.72. The van der Waals surface area contributed by atoms with Gasteiger partial charge in [-0.1, -0.05) is 78.4 Å². The average molecular weight is 438 g/mol. The van der Waals surface area contributed by atoms with Gasteiger partial charge in [0.2, 0.25) is 6.04 Å². The quantitative estimate of drug-likeness (QED) is 0.294. The maximum absolute atomic E-state index is 13.7. The summed E-state index contributed by atoms with van der Waals surface area (Å²) in [5, 5.41) is 10.2. The van der Waals surface area contributed by atoms with Crippen molar-refractivity contribution in [1.82, 2.24) is 0 Å². The molecule has 0 aliphatic heterocycles. The van der Waals surface area contributed by atoms with Crippen LogP contribution in [0.15, 0.2) is 89.8 Å². The molecule has 0 spiro atoms. The molecule has 7 heteroatoms. The molecule has 0 aliphatic rings. The third-order valence-electron chi connectivity index (χ3n) is 5.36. The fraction of sp³-hybridized carbons (Fsp3) is 0.208. The first-order valence-corrected chi connectivity index (χ1v) is 11.4. The molecule has 0 bridgehead atoms. The van der Waals surface area contributed by atoms with Crippen molar-refractivity contribution in [2.75, 3.05) is 0 Å². The van der Waals surface area contributed by atoms with Crippen molar-refractivity contribution < 1.29 is 18.1 Å². The summed E-state index contributed by atoms with van der Waals surface area (Å²) in [5.41, 5.74) is 1.55. The second-order valence-corrected chi connectivity index (χ2v) is 9.54. The monoisotopic (exact) mass is 437 g/mol. The first kappa shape index (κ1) is 22.4. The molecular formula is C24H23NO5S. The lowest BCUT2D eigenvalue weighted by atomic mass is 9.85. The smallest absolute Gasteiger partial charge is 0.218 e. The highest BCUT2D eigenvalue weighted by Gasteiger charge is 2.47. The molecular weight excluding hydrogens is 414 g/mol. The van der Waals surface area contributed by atoms with E-state index in [1.54, 1.807) is 60.7 Å². The Morgan fingerprint density at radius 1 is 0.871 bits per heavy atom. The van der Waals surface area contributed by atoms with Gasteiger partial charge in [0, 0.05) is 17.4 Å². The van der Waals surface area contributed by atoms with Crippen molar-refractivity contribution >= 4 is 15.6 Å². The lowest BCUT2D eigenvalue weighted by Gasteiger charge is -2.27. The molecule has 0 saturated heterocycles. The topological polar surface area (TPSA) is 94.3 Å². The highest BCUT2D eigenvalue weighted by atomic mass is 32.2. The van der Waals surface area contributed by atoms with Gasteiger partial charge in [0.05, 0.1) is 10.8 Å². The summed E-state index contributed by atoms with van der Waals surface area (Å²) in [6.07, 6.45) is 0. The van der Waals surface area contributed by atoms with Gasteiger partial charge in [0.25, 0.3) is 0 Å². The summed E-state index contributed by atoms with van der Waals surface area (Å²) in [5.74, 6) is -1.84. The number of sulfone groups is 1. The third-order valence-corrected chi connectivity index (χ3v) is 7.47. The predicted molar refractivity (Wildman–Crippen MR) is 119 cm³/mol. The van der Waals surface area contributed by atoms with E-state index in [1.165, 1.54) is 31.2 Å². The number of nitrogens with zero attached hydrogens (tertiary/aromatic N) is 1. The van der Waals surface area contributed by atoms with Crippen molar-refractivity contribution in [3.05, 3.63) is 112 Å². The molecule has 0 radical (unpaired) electrons. The molecule has 0 amide bonds. The standard InChI is InChI=1S/C24H23NO5S/c1-17-13-15-19(16-14-17)22(18(2)25(27)28)24(23(26)20-9-5-3-6-10-20)31(29,30)21-11-7-4-8-12-21/h3-16,18,22,24H,1-2H3. The maximum Gasteiger partial charge on any atom is 0.218 e. The van der Waals surface area contributed by atoms with E-state index in [0.717, 1.165) is 5.56 Å². The minimum Gasteiger partial charge on any atom is -0.293 e. The van der Waals surface area contributed by atoms with Crippen molar-refractivity contribution in [1.29, 1.82) is 0 Å². The van der Waals surface area contributed by atoms with Crippen molar-refractivity contribution in [3.8, 4) is 0 Å². The van der Waals surface area contributed by atoms with Crippen LogP contribution in [0.2, 0.25) is 0 Å². The van der Waals surface area contributed by atoms with E-state index in [-0.39, 0.29) is 10.5 Å². The number of rotatable bonds is 8. The Balaban J connectivity index is 2.27. The van der Waals surface area contributed by atoms with Gasteiger partial charge in [-0.25, -0.2) is 8.42 Å². The lowest BCUT2D eigenvalue weighted by molar-refractivity contribution is -0.522. The van der Waals surface area contributed by atoms with E-state index in [2.05, 4.69) is 0 Å². The van der Waals surface area contributed by atoms with Gasteiger partial charge in [0.15, 0.2) is 15.6 Å². The molecule has 3 aromatic rings. The van der Waals surface area contributed by atoms with Gasteiger partial charge in [-0.3, -0.25) is 14.9 Å². The molecule has 160 valence electrons. The van der Waals surface area contributed by atoms with Crippen molar-refractivity contribution in [3.63, 3.8) is 0 Å². The minimum atomic E-state index is -4.24. The van der Waals surface area contributed by atoms with E-state index in [9.17, 15) is 23.3 Å². The van der Waals surface area contributed by atoms with E-state index >= 15 is 0 Å². The van der Waals surface area contributed by atoms with Gasteiger partial charge < -0.3 is 0 Å². The van der Waals surface area contributed by atoms with Gasteiger partial charge in [-0.15, -0.1) is 0 Å². The Hall–Kier alpha value is -3.32.